The molecule has 1 saturated carbocycles. The van der Waals surface area contributed by atoms with Crippen molar-refractivity contribution in [3.05, 3.63) is 70.8 Å². The van der Waals surface area contributed by atoms with Crippen molar-refractivity contribution in [1.29, 1.82) is 0 Å². The summed E-state index contributed by atoms with van der Waals surface area (Å²) in [5, 5.41) is 2.68. The maximum Gasteiger partial charge on any atom is 0.255 e. The van der Waals surface area contributed by atoms with Crippen LogP contribution in [0.3, 0.4) is 0 Å². The Labute approximate surface area is 130 Å². The number of carbonyl (C=O) groups is 1. The molecule has 2 aromatic carbocycles. The van der Waals surface area contributed by atoms with E-state index in [9.17, 15) is 22.4 Å². The van der Waals surface area contributed by atoms with E-state index in [2.05, 4.69) is 5.32 Å². The molecule has 1 aliphatic carbocycles. The zero-order valence-electron chi connectivity index (χ0n) is 12.0. The maximum absolute atomic E-state index is 13.7. The molecule has 0 radical (unpaired) electrons. The van der Waals surface area contributed by atoms with Crippen LogP contribution in [0.5, 0.6) is 0 Å². The summed E-state index contributed by atoms with van der Waals surface area (Å²) in [5.74, 6) is -5.78. The third kappa shape index (κ3) is 2.69. The van der Waals surface area contributed by atoms with Crippen LogP contribution >= 0.6 is 0 Å². The lowest BCUT2D eigenvalue weighted by Crippen LogP contribution is -2.51. The van der Waals surface area contributed by atoms with Gasteiger partial charge in [0.25, 0.3) is 5.91 Å². The molecule has 3 rings (SSSR count). The van der Waals surface area contributed by atoms with E-state index in [1.165, 1.54) is 12.1 Å². The molecule has 1 aliphatic rings. The Morgan fingerprint density at radius 1 is 0.913 bits per heavy atom. The molecule has 2 nitrogen and oxygen atoms in total. The van der Waals surface area contributed by atoms with Gasteiger partial charge in [-0.05, 0) is 49.1 Å². The zero-order chi connectivity index (χ0) is 16.6. The fraction of sp³-hybridized carbons (Fsp3) is 0.235. The summed E-state index contributed by atoms with van der Waals surface area (Å²) >= 11 is 0. The normalized spacial score (nSPS) is 15.8. The summed E-state index contributed by atoms with van der Waals surface area (Å²) in [6, 6.07) is 7.27. The van der Waals surface area contributed by atoms with E-state index in [0.717, 1.165) is 12.5 Å². The van der Waals surface area contributed by atoms with Crippen LogP contribution in [-0.2, 0) is 5.54 Å². The van der Waals surface area contributed by atoms with Crippen LogP contribution in [0, 0.1) is 23.3 Å². The Kier molecular flexibility index (Phi) is 3.83. The van der Waals surface area contributed by atoms with Crippen molar-refractivity contribution >= 4 is 5.91 Å². The fourth-order valence-corrected chi connectivity index (χ4v) is 2.77. The minimum absolute atomic E-state index is 0.402. The smallest absolute Gasteiger partial charge is 0.255 e. The topological polar surface area (TPSA) is 29.1 Å². The number of benzene rings is 2. The van der Waals surface area contributed by atoms with Gasteiger partial charge in [0.2, 0.25) is 0 Å². The standard InChI is InChI=1S/C17H13F4NO/c18-11-4-2-10(3-5-11)17(8-1-9-17)22-16(23)12-6-7-13(19)15(21)14(12)20/h2-7H,1,8-9H2,(H,22,23). The Bertz CT molecular complexity index is 754. The lowest BCUT2D eigenvalue weighted by Gasteiger charge is -2.43. The molecule has 0 aliphatic heterocycles. The van der Waals surface area contributed by atoms with Crippen molar-refractivity contribution in [3.8, 4) is 0 Å². The molecule has 6 heteroatoms. The van der Waals surface area contributed by atoms with E-state index in [4.69, 9.17) is 0 Å². The fourth-order valence-electron chi connectivity index (χ4n) is 2.77. The average Bonchev–Trinajstić information content (AvgIpc) is 2.49. The molecule has 2 aromatic rings. The number of hydrogen-bond donors (Lipinski definition) is 1. The predicted molar refractivity (Wildman–Crippen MR) is 75.7 cm³/mol. The SMILES string of the molecule is O=C(NC1(c2ccc(F)cc2)CCC1)c1ccc(F)c(F)c1F. The molecule has 0 atom stereocenters. The second-order valence-corrected chi connectivity index (χ2v) is 5.62. The minimum Gasteiger partial charge on any atom is -0.342 e. The monoisotopic (exact) mass is 323 g/mol. The molecule has 120 valence electrons. The van der Waals surface area contributed by atoms with Gasteiger partial charge in [0.1, 0.15) is 5.82 Å². The highest BCUT2D eigenvalue weighted by atomic mass is 19.2. The van der Waals surface area contributed by atoms with Crippen LogP contribution in [0.1, 0.15) is 35.2 Å². The van der Waals surface area contributed by atoms with Crippen LogP contribution < -0.4 is 5.32 Å². The van der Waals surface area contributed by atoms with Gasteiger partial charge in [-0.1, -0.05) is 12.1 Å². The van der Waals surface area contributed by atoms with Crippen LogP contribution in [-0.4, -0.2) is 5.91 Å². The highest BCUT2D eigenvalue weighted by Gasteiger charge is 2.40. The molecule has 0 aromatic heterocycles. The number of hydrogen-bond acceptors (Lipinski definition) is 1. The Hall–Kier alpha value is -2.37. The molecule has 0 saturated heterocycles. The van der Waals surface area contributed by atoms with Gasteiger partial charge in [0.15, 0.2) is 17.5 Å². The van der Waals surface area contributed by atoms with Crippen LogP contribution in [0.2, 0.25) is 0 Å². The van der Waals surface area contributed by atoms with Crippen molar-refractivity contribution < 1.29 is 22.4 Å². The number of amides is 1. The number of nitrogens with one attached hydrogen (secondary N) is 1. The summed E-state index contributed by atoms with van der Waals surface area (Å²) in [6.45, 7) is 0. The molecule has 1 fully saturated rings. The van der Waals surface area contributed by atoms with Crippen molar-refractivity contribution in [1.82, 2.24) is 5.32 Å². The van der Waals surface area contributed by atoms with Gasteiger partial charge in [-0.15, -0.1) is 0 Å². The molecule has 23 heavy (non-hydrogen) atoms. The van der Waals surface area contributed by atoms with E-state index >= 15 is 0 Å². The first-order valence-electron chi connectivity index (χ1n) is 7.15. The highest BCUT2D eigenvalue weighted by molar-refractivity contribution is 5.95. The largest absolute Gasteiger partial charge is 0.342 e. The third-order valence-electron chi connectivity index (χ3n) is 4.24. The molecule has 0 bridgehead atoms. The van der Waals surface area contributed by atoms with Crippen molar-refractivity contribution in [2.45, 2.75) is 24.8 Å². The third-order valence-corrected chi connectivity index (χ3v) is 4.24. The molecule has 0 spiro atoms. The minimum atomic E-state index is -1.68. The first-order chi connectivity index (χ1) is 10.9. The van der Waals surface area contributed by atoms with Gasteiger partial charge in [-0.2, -0.15) is 0 Å². The van der Waals surface area contributed by atoms with Gasteiger partial charge >= 0.3 is 0 Å². The first kappa shape index (κ1) is 15.5. The first-order valence-corrected chi connectivity index (χ1v) is 7.15. The number of rotatable bonds is 3. The van der Waals surface area contributed by atoms with Gasteiger partial charge in [0.05, 0.1) is 11.1 Å². The van der Waals surface area contributed by atoms with Crippen molar-refractivity contribution in [2.75, 3.05) is 0 Å². The van der Waals surface area contributed by atoms with E-state index in [1.807, 2.05) is 0 Å². The second-order valence-electron chi connectivity index (χ2n) is 5.62. The lowest BCUT2D eigenvalue weighted by atomic mass is 9.71. The number of carbonyl (C=O) groups excluding carboxylic acids is 1. The zero-order valence-corrected chi connectivity index (χ0v) is 12.0. The lowest BCUT2D eigenvalue weighted by molar-refractivity contribution is 0.0818. The average molecular weight is 323 g/mol. The van der Waals surface area contributed by atoms with E-state index in [1.54, 1.807) is 12.1 Å². The second kappa shape index (κ2) is 5.68. The van der Waals surface area contributed by atoms with E-state index < -0.39 is 40.3 Å². The molecule has 1 N–H and O–H groups in total. The Morgan fingerprint density at radius 3 is 2.13 bits per heavy atom. The highest BCUT2D eigenvalue weighted by Crippen LogP contribution is 2.41. The van der Waals surface area contributed by atoms with E-state index in [-0.39, 0.29) is 0 Å². The number of halogens is 4. The molecular formula is C17H13F4NO. The maximum atomic E-state index is 13.7. The molecule has 0 heterocycles. The van der Waals surface area contributed by atoms with Gasteiger partial charge in [0, 0.05) is 0 Å². The van der Waals surface area contributed by atoms with Crippen LogP contribution in [0.25, 0.3) is 0 Å². The summed E-state index contributed by atoms with van der Waals surface area (Å²) in [5.41, 5.74) is -0.596. The van der Waals surface area contributed by atoms with Gasteiger partial charge in [-0.25, -0.2) is 17.6 Å². The van der Waals surface area contributed by atoms with Crippen LogP contribution in [0.4, 0.5) is 17.6 Å². The summed E-state index contributed by atoms with van der Waals surface area (Å²) in [7, 11) is 0. The van der Waals surface area contributed by atoms with Crippen LogP contribution in [0.15, 0.2) is 36.4 Å². The quantitative estimate of drug-likeness (QED) is 0.670. The Balaban J connectivity index is 1.89. The molecule has 1 amide bonds. The summed E-state index contributed by atoms with van der Waals surface area (Å²) in [4.78, 5) is 12.3. The molecule has 0 unspecified atom stereocenters. The predicted octanol–water partition coefficient (Wildman–Crippen LogP) is 4.05. The van der Waals surface area contributed by atoms with Crippen molar-refractivity contribution in [3.63, 3.8) is 0 Å². The Morgan fingerprint density at radius 2 is 1.57 bits per heavy atom. The summed E-state index contributed by atoms with van der Waals surface area (Å²) in [6.07, 6.45) is 2.06. The van der Waals surface area contributed by atoms with E-state index in [0.29, 0.717) is 24.5 Å². The van der Waals surface area contributed by atoms with Gasteiger partial charge in [-0.3, -0.25) is 4.79 Å². The summed E-state index contributed by atoms with van der Waals surface area (Å²) < 4.78 is 53.0. The molecular weight excluding hydrogens is 310 g/mol. The van der Waals surface area contributed by atoms with Gasteiger partial charge < -0.3 is 5.32 Å². The van der Waals surface area contributed by atoms with Crippen molar-refractivity contribution in [2.24, 2.45) is 0 Å².